The summed E-state index contributed by atoms with van der Waals surface area (Å²) >= 11 is 0. The van der Waals surface area contributed by atoms with E-state index < -0.39 is 0 Å². The van der Waals surface area contributed by atoms with Crippen molar-refractivity contribution >= 4 is 5.91 Å². The van der Waals surface area contributed by atoms with Gasteiger partial charge in [-0.3, -0.25) is 4.79 Å². The second-order valence-corrected chi connectivity index (χ2v) is 5.24. The lowest BCUT2D eigenvalue weighted by Gasteiger charge is -2.30. The predicted octanol–water partition coefficient (Wildman–Crippen LogP) is 1.64. The van der Waals surface area contributed by atoms with E-state index in [1.54, 1.807) is 0 Å². The van der Waals surface area contributed by atoms with Gasteiger partial charge in [-0.25, -0.2) is 0 Å². The molecule has 4 heteroatoms. The molecule has 0 bridgehead atoms. The van der Waals surface area contributed by atoms with Crippen molar-refractivity contribution in [3.63, 3.8) is 0 Å². The van der Waals surface area contributed by atoms with Crippen molar-refractivity contribution in [2.45, 2.75) is 52.2 Å². The summed E-state index contributed by atoms with van der Waals surface area (Å²) in [5.41, 5.74) is 9.53. The van der Waals surface area contributed by atoms with Gasteiger partial charge >= 0.3 is 0 Å². The molecule has 1 aromatic rings. The molecule has 0 radical (unpaired) electrons. The quantitative estimate of drug-likeness (QED) is 0.818. The summed E-state index contributed by atoms with van der Waals surface area (Å²) in [4.78, 5) is 17.2. The number of nitrogens with one attached hydrogen (secondary N) is 1. The molecule has 1 amide bonds. The van der Waals surface area contributed by atoms with Gasteiger partial charge in [0.1, 0.15) is 0 Å². The Morgan fingerprint density at radius 3 is 2.59 bits per heavy atom. The molecule has 1 fully saturated rings. The first-order valence-corrected chi connectivity index (χ1v) is 6.14. The van der Waals surface area contributed by atoms with E-state index >= 15 is 0 Å². The van der Waals surface area contributed by atoms with Crippen LogP contribution in [0.1, 0.15) is 43.3 Å². The fraction of sp³-hybridized carbons (Fsp3) is 0.615. The smallest absolute Gasteiger partial charge is 0.225 e. The van der Waals surface area contributed by atoms with Crippen LogP contribution in [0.5, 0.6) is 0 Å². The van der Waals surface area contributed by atoms with Gasteiger partial charge in [-0.2, -0.15) is 0 Å². The summed E-state index contributed by atoms with van der Waals surface area (Å²) in [6, 6.07) is 2.22. The summed E-state index contributed by atoms with van der Waals surface area (Å²) in [7, 11) is 0. The maximum absolute atomic E-state index is 12.0. The summed E-state index contributed by atoms with van der Waals surface area (Å²) < 4.78 is 0. The number of amides is 1. The van der Waals surface area contributed by atoms with Crippen LogP contribution in [0.4, 0.5) is 0 Å². The number of nitrogens with two attached hydrogens (primary N) is 1. The number of aromatic amines is 1. The molecule has 1 aliphatic heterocycles. The Morgan fingerprint density at radius 2 is 2.12 bits per heavy atom. The topological polar surface area (TPSA) is 62.1 Å². The molecule has 0 saturated carbocycles. The van der Waals surface area contributed by atoms with Crippen LogP contribution in [0.15, 0.2) is 6.07 Å². The highest BCUT2D eigenvalue weighted by atomic mass is 16.2. The average Bonchev–Trinajstić information content (AvgIpc) is 2.66. The molecule has 1 saturated heterocycles. The van der Waals surface area contributed by atoms with Gasteiger partial charge in [0.2, 0.25) is 5.91 Å². The van der Waals surface area contributed by atoms with Crippen molar-refractivity contribution < 1.29 is 4.79 Å². The Labute approximate surface area is 102 Å². The molecule has 4 nitrogen and oxygen atoms in total. The molecule has 0 unspecified atom stereocenters. The van der Waals surface area contributed by atoms with Gasteiger partial charge in [0, 0.05) is 29.9 Å². The Bertz CT molecular complexity index is 436. The SMILES string of the molecule is Cc1cc([C@@H]2[C@@H](N)CC(=O)N2C(C)C)c(C)[nH]1. The zero-order chi connectivity index (χ0) is 12.7. The van der Waals surface area contributed by atoms with E-state index in [0.717, 1.165) is 17.0 Å². The largest absolute Gasteiger partial charge is 0.362 e. The van der Waals surface area contributed by atoms with Gasteiger partial charge in [0.15, 0.2) is 0 Å². The first kappa shape index (κ1) is 12.2. The molecule has 94 valence electrons. The number of carbonyl (C=O) groups is 1. The van der Waals surface area contributed by atoms with Crippen LogP contribution in [0, 0.1) is 13.8 Å². The van der Waals surface area contributed by atoms with Crippen molar-refractivity contribution in [1.29, 1.82) is 0 Å². The monoisotopic (exact) mass is 235 g/mol. The minimum atomic E-state index is -0.0983. The van der Waals surface area contributed by atoms with E-state index in [1.165, 1.54) is 0 Å². The third-order valence-corrected chi connectivity index (χ3v) is 3.47. The first-order chi connectivity index (χ1) is 7.91. The summed E-state index contributed by atoms with van der Waals surface area (Å²) in [5.74, 6) is 0.163. The van der Waals surface area contributed by atoms with Crippen LogP contribution in [0.2, 0.25) is 0 Å². The lowest BCUT2D eigenvalue weighted by molar-refractivity contribution is -0.130. The van der Waals surface area contributed by atoms with Crippen molar-refractivity contribution in [3.05, 3.63) is 23.0 Å². The molecule has 3 N–H and O–H groups in total. The summed E-state index contributed by atoms with van der Waals surface area (Å²) in [6.45, 7) is 8.14. The fourth-order valence-corrected chi connectivity index (χ4v) is 2.82. The third-order valence-electron chi connectivity index (χ3n) is 3.47. The minimum absolute atomic E-state index is 0.0208. The minimum Gasteiger partial charge on any atom is -0.362 e. The molecule has 2 heterocycles. The average molecular weight is 235 g/mol. The van der Waals surface area contributed by atoms with Crippen molar-refractivity contribution in [3.8, 4) is 0 Å². The van der Waals surface area contributed by atoms with Crippen molar-refractivity contribution in [1.82, 2.24) is 9.88 Å². The Hall–Kier alpha value is -1.29. The van der Waals surface area contributed by atoms with Crippen LogP contribution < -0.4 is 5.73 Å². The van der Waals surface area contributed by atoms with Gasteiger partial charge in [0.05, 0.1) is 6.04 Å². The molecule has 1 aliphatic rings. The highest BCUT2D eigenvalue weighted by Gasteiger charge is 2.40. The van der Waals surface area contributed by atoms with Crippen molar-refractivity contribution in [2.24, 2.45) is 5.73 Å². The van der Waals surface area contributed by atoms with Crippen LogP contribution in [-0.2, 0) is 4.79 Å². The standard InChI is InChI=1S/C13H21N3O/c1-7(2)16-12(17)6-11(14)13(16)10-5-8(3)15-9(10)4/h5,7,11,13,15H,6,14H2,1-4H3/t11-,13+/m0/s1. The lowest BCUT2D eigenvalue weighted by Crippen LogP contribution is -2.37. The number of carbonyl (C=O) groups excluding carboxylic acids is 1. The number of likely N-dealkylation sites (tertiary alicyclic amines) is 1. The number of hydrogen-bond acceptors (Lipinski definition) is 2. The van der Waals surface area contributed by atoms with Crippen molar-refractivity contribution in [2.75, 3.05) is 0 Å². The predicted molar refractivity (Wildman–Crippen MR) is 67.6 cm³/mol. The second kappa shape index (κ2) is 4.18. The van der Waals surface area contributed by atoms with Crippen LogP contribution in [0.3, 0.4) is 0 Å². The molecule has 1 aromatic heterocycles. The zero-order valence-electron chi connectivity index (χ0n) is 10.9. The lowest BCUT2D eigenvalue weighted by atomic mass is 10.0. The van der Waals surface area contributed by atoms with Gasteiger partial charge in [-0.15, -0.1) is 0 Å². The van der Waals surface area contributed by atoms with Crippen LogP contribution in [0.25, 0.3) is 0 Å². The number of rotatable bonds is 2. The van der Waals surface area contributed by atoms with E-state index in [0.29, 0.717) is 6.42 Å². The molecule has 0 aromatic carbocycles. The van der Waals surface area contributed by atoms with E-state index in [2.05, 4.69) is 11.1 Å². The molecule has 0 spiro atoms. The zero-order valence-corrected chi connectivity index (χ0v) is 10.9. The highest BCUT2D eigenvalue weighted by molar-refractivity contribution is 5.80. The van der Waals surface area contributed by atoms with Gasteiger partial charge < -0.3 is 15.6 Å². The Balaban J connectivity index is 2.41. The van der Waals surface area contributed by atoms with E-state index in [-0.39, 0.29) is 24.0 Å². The number of aromatic nitrogens is 1. The van der Waals surface area contributed by atoms with Gasteiger partial charge in [0.25, 0.3) is 0 Å². The first-order valence-electron chi connectivity index (χ1n) is 6.14. The maximum atomic E-state index is 12.0. The number of aryl methyl sites for hydroxylation is 2. The summed E-state index contributed by atoms with van der Waals surface area (Å²) in [6.07, 6.45) is 0.451. The third kappa shape index (κ3) is 1.97. The van der Waals surface area contributed by atoms with Crippen LogP contribution >= 0.6 is 0 Å². The molecule has 0 aliphatic carbocycles. The number of H-pyrrole nitrogens is 1. The number of nitrogens with zero attached hydrogens (tertiary/aromatic N) is 1. The molecular weight excluding hydrogens is 214 g/mol. The van der Waals surface area contributed by atoms with Crippen LogP contribution in [-0.4, -0.2) is 27.9 Å². The van der Waals surface area contributed by atoms with Gasteiger partial charge in [-0.05, 0) is 39.3 Å². The normalized spacial score (nSPS) is 25.1. The molecule has 2 rings (SSSR count). The summed E-state index contributed by atoms with van der Waals surface area (Å²) in [5, 5.41) is 0. The second-order valence-electron chi connectivity index (χ2n) is 5.24. The number of hydrogen-bond donors (Lipinski definition) is 2. The molecule has 17 heavy (non-hydrogen) atoms. The Morgan fingerprint density at radius 1 is 1.47 bits per heavy atom. The van der Waals surface area contributed by atoms with E-state index in [9.17, 15) is 4.79 Å². The molecular formula is C13H21N3O. The van der Waals surface area contributed by atoms with Gasteiger partial charge in [-0.1, -0.05) is 0 Å². The molecule has 2 atom stereocenters. The Kier molecular flexibility index (Phi) is 3.00. The van der Waals surface area contributed by atoms with E-state index in [1.807, 2.05) is 32.6 Å². The van der Waals surface area contributed by atoms with E-state index in [4.69, 9.17) is 5.73 Å². The fourth-order valence-electron chi connectivity index (χ4n) is 2.82. The highest BCUT2D eigenvalue weighted by Crippen LogP contribution is 2.35. The maximum Gasteiger partial charge on any atom is 0.225 e.